The molecule has 4 fully saturated rings. The van der Waals surface area contributed by atoms with Gasteiger partial charge in [-0.15, -0.1) is 10.2 Å². The first-order valence-corrected chi connectivity index (χ1v) is 21.8. The van der Waals surface area contributed by atoms with Gasteiger partial charge in [-0.3, -0.25) is 19.4 Å². The average Bonchev–Trinajstić information content (AvgIpc) is 3.68. The Balaban J connectivity index is 1.25. The zero-order chi connectivity index (χ0) is 41.7. The maximum absolute atomic E-state index is 14.5. The molecule has 2 heterocycles. The standard InChI is InChI=1S/C46H66ClN5O5/c1-27(2)36-31(53)24-46(39-50-49-38(52(39)23-22-51(10)11)30-14-12-28(47)26-48-30)21-20-44(8)29(37(36)46)13-15-33-43(7)18-17-34(57-35(54)25-41(3,4)40(55)56)42(5,6)32(43)16-19-45(33,44)9/h12,14,26-27,29,32-34H,13,15-25H2,1-11H3,(H,55,56)/t29-,32+,33-,34+,43+,44-,45-,46-/m1/s1. The zero-order valence-electron chi connectivity index (χ0n) is 36.3. The SMILES string of the molecule is CC(C)C1=C2[C@H]3CC[C@@H]4[C@@]5(C)CC[C@H](OC(=O)CC(C)(C)C(=O)O)C(C)(C)[C@@H]5CC[C@@]4(C)[C@]3(C)CC[C@@]2(c2nnc(-c3ccc(Cl)cn3)n2CCN(C)C)CC1=O. The number of hydrogen-bond donors (Lipinski definition) is 1. The van der Waals surface area contributed by atoms with E-state index in [1.165, 1.54) is 5.57 Å². The lowest BCUT2D eigenvalue weighted by Gasteiger charge is -2.72. The second-order valence-corrected chi connectivity index (χ2v) is 21.6. The lowest BCUT2D eigenvalue weighted by atomic mass is 9.33. The van der Waals surface area contributed by atoms with Crippen LogP contribution in [0.1, 0.15) is 132 Å². The summed E-state index contributed by atoms with van der Waals surface area (Å²) >= 11 is 6.26. The molecular formula is C46H66ClN5O5. The van der Waals surface area contributed by atoms with E-state index in [0.717, 1.165) is 75.0 Å². The third-order valence-electron chi connectivity index (χ3n) is 16.7. The molecule has 0 spiro atoms. The summed E-state index contributed by atoms with van der Waals surface area (Å²) < 4.78 is 8.46. The molecule has 2 aromatic rings. The quantitative estimate of drug-likeness (QED) is 0.234. The summed E-state index contributed by atoms with van der Waals surface area (Å²) in [5.41, 5.74) is 1.21. The Bertz CT molecular complexity index is 1970. The summed E-state index contributed by atoms with van der Waals surface area (Å²) in [5.74, 6) is 1.66. The predicted molar refractivity (Wildman–Crippen MR) is 221 cm³/mol. The van der Waals surface area contributed by atoms with Gasteiger partial charge in [0.15, 0.2) is 11.6 Å². The number of carbonyl (C=O) groups excluding carboxylic acids is 2. The second kappa shape index (κ2) is 14.3. The van der Waals surface area contributed by atoms with E-state index in [4.69, 9.17) is 26.5 Å². The molecule has 4 saturated carbocycles. The number of rotatable bonds is 10. The van der Waals surface area contributed by atoms with Crippen molar-refractivity contribution in [3.8, 4) is 11.5 Å². The molecule has 0 radical (unpaired) electrons. The van der Waals surface area contributed by atoms with Gasteiger partial charge in [-0.2, -0.15) is 0 Å². The van der Waals surface area contributed by atoms with E-state index in [-0.39, 0.29) is 51.8 Å². The number of pyridine rings is 1. The topological polar surface area (TPSA) is 128 Å². The number of ether oxygens (including phenoxy) is 1. The molecule has 5 aliphatic rings. The van der Waals surface area contributed by atoms with Crippen LogP contribution < -0.4 is 0 Å². The van der Waals surface area contributed by atoms with Gasteiger partial charge in [-0.1, -0.05) is 60.1 Å². The van der Waals surface area contributed by atoms with Crippen LogP contribution in [0.5, 0.6) is 0 Å². The first kappa shape index (κ1) is 42.0. The number of esters is 1. The van der Waals surface area contributed by atoms with Crippen LogP contribution in [0.15, 0.2) is 29.5 Å². The number of aromatic nitrogens is 4. The van der Waals surface area contributed by atoms with Crippen LogP contribution in [0.4, 0.5) is 0 Å². The molecule has 0 amide bonds. The van der Waals surface area contributed by atoms with Gasteiger partial charge in [-0.25, -0.2) is 0 Å². The molecule has 0 bridgehead atoms. The molecule has 0 saturated heterocycles. The largest absolute Gasteiger partial charge is 0.481 e. The molecule has 1 N–H and O–H groups in total. The van der Waals surface area contributed by atoms with Crippen LogP contribution in [0.25, 0.3) is 11.5 Å². The van der Waals surface area contributed by atoms with Crippen molar-refractivity contribution >= 4 is 29.3 Å². The summed E-state index contributed by atoms with van der Waals surface area (Å²) in [6.45, 7) is 21.3. The first-order valence-electron chi connectivity index (χ1n) is 21.4. The Hall–Kier alpha value is -3.11. The molecule has 0 aliphatic heterocycles. The highest BCUT2D eigenvalue weighted by Gasteiger charge is 2.71. The molecule has 7 rings (SSSR count). The number of likely N-dealkylation sites (N-methyl/N-ethyl adjacent to an activating group) is 1. The highest BCUT2D eigenvalue weighted by Crippen LogP contribution is 2.76. The third kappa shape index (κ3) is 6.44. The maximum atomic E-state index is 14.5. The molecule has 10 nitrogen and oxygen atoms in total. The lowest BCUT2D eigenvalue weighted by molar-refractivity contribution is -0.232. The Morgan fingerprint density at radius 2 is 1.70 bits per heavy atom. The minimum Gasteiger partial charge on any atom is -0.481 e. The van der Waals surface area contributed by atoms with Crippen LogP contribution in [-0.4, -0.2) is 74.2 Å². The number of nitrogens with zero attached hydrogens (tertiary/aromatic N) is 5. The van der Waals surface area contributed by atoms with E-state index in [0.29, 0.717) is 35.6 Å². The van der Waals surface area contributed by atoms with Gasteiger partial charge in [0.2, 0.25) is 0 Å². The van der Waals surface area contributed by atoms with Crippen LogP contribution in [0, 0.1) is 50.7 Å². The van der Waals surface area contributed by atoms with Crippen molar-refractivity contribution in [2.24, 2.45) is 50.7 Å². The van der Waals surface area contributed by atoms with Crippen molar-refractivity contribution in [1.82, 2.24) is 24.6 Å². The summed E-state index contributed by atoms with van der Waals surface area (Å²) in [7, 11) is 4.15. The number of aliphatic carboxylic acids is 1. The number of halogens is 1. The van der Waals surface area contributed by atoms with Gasteiger partial charge in [0, 0.05) is 31.1 Å². The summed E-state index contributed by atoms with van der Waals surface area (Å²) in [4.78, 5) is 46.3. The van der Waals surface area contributed by atoms with Gasteiger partial charge < -0.3 is 19.3 Å². The number of carboxylic acids is 1. The Morgan fingerprint density at radius 3 is 2.33 bits per heavy atom. The first-order chi connectivity index (χ1) is 26.5. The van der Waals surface area contributed by atoms with E-state index in [9.17, 15) is 19.5 Å². The average molecular weight is 805 g/mol. The minimum absolute atomic E-state index is 0.0294. The minimum atomic E-state index is -1.17. The van der Waals surface area contributed by atoms with Crippen LogP contribution in [-0.2, 0) is 31.1 Å². The van der Waals surface area contributed by atoms with Crippen molar-refractivity contribution in [3.63, 3.8) is 0 Å². The van der Waals surface area contributed by atoms with Gasteiger partial charge in [-0.05, 0) is 143 Å². The second-order valence-electron chi connectivity index (χ2n) is 21.1. The fourth-order valence-electron chi connectivity index (χ4n) is 13.6. The number of carboxylic acid groups (broad SMARTS) is 1. The maximum Gasteiger partial charge on any atom is 0.309 e. The van der Waals surface area contributed by atoms with Crippen molar-refractivity contribution in [2.75, 3.05) is 20.6 Å². The monoisotopic (exact) mass is 803 g/mol. The lowest BCUT2D eigenvalue weighted by Crippen LogP contribution is -2.66. The number of fused-ring (bicyclic) bond motifs is 7. The van der Waals surface area contributed by atoms with E-state index < -0.39 is 22.8 Å². The molecule has 5 aliphatic carbocycles. The molecule has 0 aromatic carbocycles. The molecule has 0 unspecified atom stereocenters. The van der Waals surface area contributed by atoms with Crippen molar-refractivity contribution in [2.45, 2.75) is 145 Å². The van der Waals surface area contributed by atoms with Gasteiger partial charge in [0.25, 0.3) is 0 Å². The normalized spacial score (nSPS) is 34.8. The van der Waals surface area contributed by atoms with Crippen molar-refractivity contribution in [3.05, 3.63) is 40.3 Å². The number of hydrogen-bond acceptors (Lipinski definition) is 8. The zero-order valence-corrected chi connectivity index (χ0v) is 37.1. The van der Waals surface area contributed by atoms with Gasteiger partial charge >= 0.3 is 11.9 Å². The summed E-state index contributed by atoms with van der Waals surface area (Å²) in [5, 5.41) is 20.1. The molecule has 57 heavy (non-hydrogen) atoms. The van der Waals surface area contributed by atoms with E-state index in [2.05, 4.69) is 77.0 Å². The van der Waals surface area contributed by atoms with Crippen LogP contribution in [0.2, 0.25) is 5.02 Å². The molecule has 8 atom stereocenters. The summed E-state index contributed by atoms with van der Waals surface area (Å²) in [6, 6.07) is 3.75. The van der Waals surface area contributed by atoms with Crippen molar-refractivity contribution in [1.29, 1.82) is 0 Å². The van der Waals surface area contributed by atoms with Crippen molar-refractivity contribution < 1.29 is 24.2 Å². The number of carbonyl (C=O) groups is 3. The highest BCUT2D eigenvalue weighted by atomic mass is 35.5. The predicted octanol–water partition coefficient (Wildman–Crippen LogP) is 9.20. The van der Waals surface area contributed by atoms with Gasteiger partial charge in [0.05, 0.1) is 22.3 Å². The number of Topliss-reactive ketones (excluding diaryl/α,β-unsaturated/α-hetero) is 1. The molecule has 312 valence electrons. The molecular weight excluding hydrogens is 738 g/mol. The smallest absolute Gasteiger partial charge is 0.309 e. The Kier molecular flexibility index (Phi) is 10.5. The Morgan fingerprint density at radius 1 is 0.982 bits per heavy atom. The fraction of sp³-hybridized carbons (Fsp3) is 0.739. The van der Waals surface area contributed by atoms with Crippen LogP contribution >= 0.6 is 11.6 Å². The third-order valence-corrected chi connectivity index (χ3v) is 16.9. The highest BCUT2D eigenvalue weighted by molar-refractivity contribution is 6.30. The van der Waals surface area contributed by atoms with E-state index >= 15 is 0 Å². The van der Waals surface area contributed by atoms with Gasteiger partial charge in [0.1, 0.15) is 17.6 Å². The number of ketones is 1. The van der Waals surface area contributed by atoms with E-state index in [1.807, 2.05) is 12.1 Å². The molecule has 11 heteroatoms. The van der Waals surface area contributed by atoms with Crippen LogP contribution in [0.3, 0.4) is 0 Å². The molecule has 2 aromatic heterocycles. The number of allylic oxidation sites excluding steroid dienone is 2. The van der Waals surface area contributed by atoms with E-state index in [1.54, 1.807) is 20.0 Å². The summed E-state index contributed by atoms with van der Waals surface area (Å²) in [6.07, 6.45) is 9.56. The fourth-order valence-corrected chi connectivity index (χ4v) is 13.7. The Labute approximate surface area is 345 Å².